The van der Waals surface area contributed by atoms with Gasteiger partial charge in [-0.25, -0.2) is 19.6 Å². The fourth-order valence-electron chi connectivity index (χ4n) is 13.4. The third kappa shape index (κ3) is 35.0. The Bertz CT molecular complexity index is 3690. The number of unbranched alkanes of at least 4 members (excludes halogenated alkanes) is 17. The Hall–Kier alpha value is -10.2. The summed E-state index contributed by atoms with van der Waals surface area (Å²) in [6, 6.07) is 2.90. The second-order valence-corrected chi connectivity index (χ2v) is 29.4. The van der Waals surface area contributed by atoms with Crippen molar-refractivity contribution in [1.82, 2.24) is 72.3 Å². The summed E-state index contributed by atoms with van der Waals surface area (Å²) in [4.78, 5) is 180. The van der Waals surface area contributed by atoms with Gasteiger partial charge in [-0.3, -0.25) is 57.5 Å². The predicted molar refractivity (Wildman–Crippen MR) is 426 cm³/mol. The Balaban J connectivity index is 1.06. The number of aliphatic imine (C=N–C) groups is 1. The van der Waals surface area contributed by atoms with Crippen LogP contribution in [0.4, 0.5) is 5.69 Å². The number of H-pyrrole nitrogens is 1. The molecular weight excluding hydrogens is 1440 g/mol. The summed E-state index contributed by atoms with van der Waals surface area (Å²) in [5.74, 6) is -8.12. The first kappa shape index (κ1) is 92.4. The lowest BCUT2D eigenvalue weighted by molar-refractivity contribution is -0.143. The van der Waals surface area contributed by atoms with Gasteiger partial charge < -0.3 is 89.4 Å². The van der Waals surface area contributed by atoms with Gasteiger partial charge in [0.25, 0.3) is 5.56 Å². The van der Waals surface area contributed by atoms with E-state index >= 15 is 0 Å². The molecule has 0 spiro atoms. The van der Waals surface area contributed by atoms with Crippen LogP contribution in [-0.4, -0.2) is 206 Å². The molecule has 0 aliphatic carbocycles. The van der Waals surface area contributed by atoms with Crippen LogP contribution in [0.5, 0.6) is 5.75 Å². The molecule has 1 aliphatic heterocycles. The van der Waals surface area contributed by atoms with Crippen molar-refractivity contribution in [2.45, 2.75) is 262 Å². The Morgan fingerprint density at radius 1 is 0.562 bits per heavy atom. The number of aromatic nitrogens is 4. The molecule has 33 nitrogen and oxygen atoms in total. The molecule has 2 aromatic carbocycles. The number of rotatable bonds is 56. The normalized spacial score (nSPS) is 14.0. The average molecular weight is 1570 g/mol. The number of nitrogens with one attached hydrogen (secondary N) is 10. The van der Waals surface area contributed by atoms with Crippen LogP contribution < -0.4 is 69.8 Å². The van der Waals surface area contributed by atoms with Crippen LogP contribution in [0, 0.1) is 5.92 Å². The minimum Gasteiger partial charge on any atom is -0.508 e. The van der Waals surface area contributed by atoms with E-state index in [0.29, 0.717) is 74.3 Å². The number of aromatic amines is 1. The van der Waals surface area contributed by atoms with E-state index in [1.54, 1.807) is 36.2 Å². The number of hydrogen-bond donors (Lipinski definition) is 15. The first-order chi connectivity index (χ1) is 53.8. The number of imidazole rings is 1. The maximum atomic E-state index is 14.5. The average Bonchev–Trinajstić information content (AvgIpc) is 0.834. The summed E-state index contributed by atoms with van der Waals surface area (Å²) >= 11 is 0. The lowest BCUT2D eigenvalue weighted by Gasteiger charge is -2.37. The molecule has 0 bridgehead atoms. The van der Waals surface area contributed by atoms with E-state index in [9.17, 15) is 72.9 Å². The van der Waals surface area contributed by atoms with Crippen LogP contribution in [0.1, 0.15) is 212 Å². The molecule has 620 valence electrons. The SMILES string of the molecule is CCCCCCCCCCCCCCCCCCCC(=O)N[C@@H](CCC(=O)N[C@@H](CCC(=O)NCCCC[C@H](NC)C(=O)N1CCN(c2ccc3ncn(CC(=O)N[C@@H](CCCN=C(N)N)C(=O)NC(Cc4cnc[nH]4)C(=O)N[C@@H](Cc4ccc(O)cc4)C(=O)NC(CC(C)C)C(=O)NC)c(=O)c3c2)CC1)C(=O)O)C(=O)O. The number of hydrogen-bond acceptors (Lipinski definition) is 18. The third-order valence-corrected chi connectivity index (χ3v) is 19.9. The maximum Gasteiger partial charge on any atom is 0.326 e. The highest BCUT2D eigenvalue weighted by Crippen LogP contribution is 2.23. The molecule has 1 fully saturated rings. The molecule has 1 saturated heterocycles. The van der Waals surface area contributed by atoms with Gasteiger partial charge in [-0.05, 0) is 107 Å². The summed E-state index contributed by atoms with van der Waals surface area (Å²) in [6.45, 7) is 7.29. The number of guanidine groups is 1. The second kappa shape index (κ2) is 51.4. The number of benzene rings is 2. The minimum absolute atomic E-state index is 0.000693. The molecule has 3 heterocycles. The van der Waals surface area contributed by atoms with E-state index in [2.05, 4.69) is 74.7 Å². The molecule has 7 atom stereocenters. The summed E-state index contributed by atoms with van der Waals surface area (Å²) < 4.78 is 1.10. The van der Waals surface area contributed by atoms with Gasteiger partial charge in [0, 0.05) is 96.0 Å². The quantitative estimate of drug-likeness (QED) is 0.0166. The van der Waals surface area contributed by atoms with Gasteiger partial charge >= 0.3 is 11.9 Å². The molecule has 0 saturated carbocycles. The largest absolute Gasteiger partial charge is 0.508 e. The summed E-state index contributed by atoms with van der Waals surface area (Å²) in [7, 11) is 3.13. The molecule has 9 amide bonds. The fourth-order valence-corrected chi connectivity index (χ4v) is 13.4. The number of carboxylic acid groups (broad SMARTS) is 2. The molecule has 33 heteroatoms. The monoisotopic (exact) mass is 1560 g/mol. The van der Waals surface area contributed by atoms with E-state index in [0.717, 1.165) is 30.3 Å². The number of phenolic OH excluding ortho intramolecular Hbond substituents is 1. The van der Waals surface area contributed by atoms with Crippen molar-refractivity contribution in [2.24, 2.45) is 22.4 Å². The van der Waals surface area contributed by atoms with Gasteiger partial charge in [0.05, 0.1) is 29.6 Å². The van der Waals surface area contributed by atoms with Crippen LogP contribution in [0.3, 0.4) is 0 Å². The molecule has 112 heavy (non-hydrogen) atoms. The van der Waals surface area contributed by atoms with E-state index in [4.69, 9.17) is 11.5 Å². The number of aliphatic carboxylic acids is 2. The molecule has 0 radical (unpaired) electrons. The number of piperazine rings is 1. The van der Waals surface area contributed by atoms with Gasteiger partial charge in [-0.15, -0.1) is 0 Å². The van der Waals surface area contributed by atoms with Crippen molar-refractivity contribution >= 4 is 87.7 Å². The molecule has 2 aromatic heterocycles. The van der Waals surface area contributed by atoms with Gasteiger partial charge in [0.2, 0.25) is 53.2 Å². The van der Waals surface area contributed by atoms with Crippen molar-refractivity contribution in [3.05, 3.63) is 82.9 Å². The standard InChI is InChI=1S/C79H124N18O15/c1-6-7-8-9-10-11-12-13-14-15-16-17-18-19-20-21-22-28-68(100)90-63(78(111)112)36-38-69(101)91-62(77(109)110)35-37-67(99)85-39-24-23-26-61(82-4)76(108)96-43-41-95(42-44-96)56-31-34-59-58(48-56)75(107)97(52-88-59)50-70(102)89-60(27-25-40-86-79(80)81)72(104)94-66(47-55-49-84-51-87-55)74(106)93-65(46-54-29-32-57(98)33-30-54)73(105)92-64(45-53(2)3)71(103)83-5/h29-34,48-49,51-53,60-66,82,98H,6-28,35-47,50H2,1-5H3,(H,83,103)(H,84,87)(H,85,99)(H,89,102)(H,90,100)(H,91,101)(H,92,105)(H,93,106)(H,94,104)(H,109,110)(H,111,112)(H4,80,81,86)/t60-,61-,62-,63-,64?,65-,66?/m0/s1. The summed E-state index contributed by atoms with van der Waals surface area (Å²) in [5, 5.41) is 54.0. The van der Waals surface area contributed by atoms with E-state index in [1.807, 2.05) is 24.8 Å². The number of carbonyl (C=O) groups is 11. The smallest absolute Gasteiger partial charge is 0.326 e. The summed E-state index contributed by atoms with van der Waals surface area (Å²) in [5.41, 5.74) is 12.6. The molecule has 1 aliphatic rings. The molecule has 4 aromatic rings. The van der Waals surface area contributed by atoms with Gasteiger partial charge in [-0.2, -0.15) is 0 Å². The lowest BCUT2D eigenvalue weighted by Crippen LogP contribution is -2.59. The van der Waals surface area contributed by atoms with Crippen LogP contribution in [0.15, 0.2) is 71.1 Å². The number of aromatic hydroxyl groups is 1. The minimum atomic E-state index is -1.42. The van der Waals surface area contributed by atoms with Crippen molar-refractivity contribution in [2.75, 3.05) is 58.3 Å². The van der Waals surface area contributed by atoms with Crippen molar-refractivity contribution in [3.63, 3.8) is 0 Å². The highest BCUT2D eigenvalue weighted by molar-refractivity contribution is 5.96. The number of phenols is 1. The highest BCUT2D eigenvalue weighted by Gasteiger charge is 2.34. The number of fused-ring (bicyclic) bond motifs is 1. The summed E-state index contributed by atoms with van der Waals surface area (Å²) in [6.07, 6.45) is 25.3. The van der Waals surface area contributed by atoms with Crippen molar-refractivity contribution in [1.29, 1.82) is 0 Å². The number of carbonyl (C=O) groups excluding carboxylic acids is 9. The zero-order chi connectivity index (χ0) is 81.7. The van der Waals surface area contributed by atoms with Gasteiger partial charge in [0.15, 0.2) is 5.96 Å². The van der Waals surface area contributed by atoms with E-state index in [-0.39, 0.29) is 106 Å². The number of nitrogens with zero attached hydrogens (tertiary/aromatic N) is 6. The molecule has 5 rings (SSSR count). The topological polar surface area (TPSA) is 491 Å². The number of carboxylic acids is 2. The zero-order valence-electron chi connectivity index (χ0n) is 66.1. The van der Waals surface area contributed by atoms with Crippen LogP contribution >= 0.6 is 0 Å². The van der Waals surface area contributed by atoms with E-state index in [1.165, 1.54) is 115 Å². The van der Waals surface area contributed by atoms with Gasteiger partial charge in [-0.1, -0.05) is 136 Å². The number of likely N-dealkylation sites (N-methyl/N-ethyl adjacent to an activating group) is 2. The van der Waals surface area contributed by atoms with Crippen LogP contribution in [-0.2, 0) is 72.1 Å². The van der Waals surface area contributed by atoms with Crippen molar-refractivity contribution in [3.8, 4) is 5.75 Å². The number of anilines is 1. The Morgan fingerprint density at radius 3 is 1.64 bits per heavy atom. The number of nitrogens with two attached hydrogens (primary N) is 2. The molecular formula is C79H124N18O15. The first-order valence-corrected chi connectivity index (χ1v) is 40.0. The fraction of sp³-hybridized carbons (Fsp3) is 0.633. The van der Waals surface area contributed by atoms with Crippen LogP contribution in [0.2, 0.25) is 0 Å². The Labute approximate surface area is 656 Å². The number of amides is 9. The first-order valence-electron chi connectivity index (χ1n) is 40.0. The van der Waals surface area contributed by atoms with Crippen molar-refractivity contribution < 1.29 is 68.1 Å². The maximum absolute atomic E-state index is 14.5. The molecule has 2 unspecified atom stereocenters. The second-order valence-electron chi connectivity index (χ2n) is 29.4. The zero-order valence-corrected chi connectivity index (χ0v) is 66.1. The van der Waals surface area contributed by atoms with E-state index < -0.39 is 114 Å². The van der Waals surface area contributed by atoms with Gasteiger partial charge in [0.1, 0.15) is 48.5 Å². The third-order valence-electron chi connectivity index (χ3n) is 19.9. The van der Waals surface area contributed by atoms with Crippen LogP contribution in [0.25, 0.3) is 10.9 Å². The highest BCUT2D eigenvalue weighted by atomic mass is 16.4. The predicted octanol–water partition coefficient (Wildman–Crippen LogP) is 4.36. The lowest BCUT2D eigenvalue weighted by atomic mass is 10.0. The molecule has 17 N–H and O–H groups in total. The Kier molecular flexibility index (Phi) is 42.4. The Morgan fingerprint density at radius 2 is 1.10 bits per heavy atom.